The van der Waals surface area contributed by atoms with Crippen LogP contribution in [-0.4, -0.2) is 11.9 Å². The van der Waals surface area contributed by atoms with Crippen molar-refractivity contribution in [3.8, 4) is 0 Å². The first kappa shape index (κ1) is 27.8. The van der Waals surface area contributed by atoms with Crippen LogP contribution in [0.2, 0.25) is 0 Å². The van der Waals surface area contributed by atoms with Gasteiger partial charge in [0.25, 0.3) is 0 Å². The van der Waals surface area contributed by atoms with Crippen molar-refractivity contribution in [2.75, 3.05) is 5.32 Å². The summed E-state index contributed by atoms with van der Waals surface area (Å²) in [5.74, 6) is -0.191. The van der Waals surface area contributed by atoms with Gasteiger partial charge in [0.2, 0.25) is 5.91 Å². The number of azo groups is 1. The minimum absolute atomic E-state index is 0.159. The van der Waals surface area contributed by atoms with E-state index in [1.165, 1.54) is 18.1 Å². The van der Waals surface area contributed by atoms with Crippen molar-refractivity contribution in [3.63, 3.8) is 0 Å². The second kappa shape index (κ2) is 12.0. The van der Waals surface area contributed by atoms with Crippen molar-refractivity contribution in [1.82, 2.24) is 0 Å². The SMILES string of the molecule is CCc1cc(N=Nc2c(C)c(C)c(C(=O)OCc3ccccc3)c(C)c2C)c(NC(C)=O)cc1C(C)C. The van der Waals surface area contributed by atoms with E-state index in [-0.39, 0.29) is 18.5 Å². The van der Waals surface area contributed by atoms with Crippen LogP contribution in [0.1, 0.15) is 82.9 Å². The second-order valence-electron chi connectivity index (χ2n) is 9.74. The molecule has 3 aromatic carbocycles. The number of benzene rings is 3. The molecular weight excluding hydrogens is 462 g/mol. The van der Waals surface area contributed by atoms with E-state index in [0.29, 0.717) is 22.9 Å². The Kier molecular flexibility index (Phi) is 8.98. The Bertz CT molecular complexity index is 1310. The third kappa shape index (κ3) is 6.31. The van der Waals surface area contributed by atoms with Crippen LogP contribution < -0.4 is 5.32 Å². The molecular formula is C31H37N3O3. The van der Waals surface area contributed by atoms with E-state index >= 15 is 0 Å². The molecule has 0 heterocycles. The van der Waals surface area contributed by atoms with E-state index in [9.17, 15) is 9.59 Å². The van der Waals surface area contributed by atoms with Gasteiger partial charge < -0.3 is 10.1 Å². The van der Waals surface area contributed by atoms with Gasteiger partial charge in [-0.15, -0.1) is 10.2 Å². The molecule has 6 nitrogen and oxygen atoms in total. The smallest absolute Gasteiger partial charge is 0.339 e. The van der Waals surface area contributed by atoms with Crippen LogP contribution in [0.5, 0.6) is 0 Å². The number of carbonyl (C=O) groups excluding carboxylic acids is 2. The fourth-order valence-electron chi connectivity index (χ4n) is 4.51. The van der Waals surface area contributed by atoms with Crippen molar-refractivity contribution in [2.24, 2.45) is 10.2 Å². The Morgan fingerprint density at radius 3 is 2.08 bits per heavy atom. The van der Waals surface area contributed by atoms with Crippen LogP contribution in [0, 0.1) is 27.7 Å². The monoisotopic (exact) mass is 499 g/mol. The summed E-state index contributed by atoms with van der Waals surface area (Å²) in [6, 6.07) is 13.6. The highest BCUT2D eigenvalue weighted by atomic mass is 16.5. The molecule has 0 saturated carbocycles. The van der Waals surface area contributed by atoms with Gasteiger partial charge in [-0.05, 0) is 91.1 Å². The predicted molar refractivity (Wildman–Crippen MR) is 149 cm³/mol. The maximum atomic E-state index is 13.0. The number of rotatable bonds is 8. The van der Waals surface area contributed by atoms with Gasteiger partial charge in [0.15, 0.2) is 0 Å². The summed E-state index contributed by atoms with van der Waals surface area (Å²) in [6.07, 6.45) is 0.854. The van der Waals surface area contributed by atoms with Gasteiger partial charge in [-0.25, -0.2) is 4.79 Å². The van der Waals surface area contributed by atoms with Crippen LogP contribution in [0.15, 0.2) is 52.7 Å². The molecule has 6 heteroatoms. The maximum Gasteiger partial charge on any atom is 0.339 e. The van der Waals surface area contributed by atoms with Crippen molar-refractivity contribution < 1.29 is 14.3 Å². The average Bonchev–Trinajstić information content (AvgIpc) is 2.87. The summed E-state index contributed by atoms with van der Waals surface area (Å²) in [6.45, 7) is 15.8. The summed E-state index contributed by atoms with van der Waals surface area (Å²) < 4.78 is 5.63. The lowest BCUT2D eigenvalue weighted by Gasteiger charge is -2.18. The van der Waals surface area contributed by atoms with Crippen LogP contribution in [0.4, 0.5) is 17.1 Å². The first-order chi connectivity index (χ1) is 17.5. The van der Waals surface area contributed by atoms with Crippen molar-refractivity contribution >= 4 is 28.9 Å². The number of anilines is 1. The number of amides is 1. The highest BCUT2D eigenvalue weighted by Gasteiger charge is 2.21. The largest absolute Gasteiger partial charge is 0.457 e. The minimum Gasteiger partial charge on any atom is -0.457 e. The minimum atomic E-state index is -0.349. The lowest BCUT2D eigenvalue weighted by atomic mass is 9.92. The van der Waals surface area contributed by atoms with Gasteiger partial charge in [-0.3, -0.25) is 4.79 Å². The molecule has 0 atom stereocenters. The molecule has 194 valence electrons. The van der Waals surface area contributed by atoms with Gasteiger partial charge in [0.05, 0.1) is 16.9 Å². The van der Waals surface area contributed by atoms with Crippen LogP contribution in [0.25, 0.3) is 0 Å². The van der Waals surface area contributed by atoms with Crippen molar-refractivity contribution in [3.05, 3.63) is 87.0 Å². The number of nitrogens with one attached hydrogen (secondary N) is 1. The van der Waals surface area contributed by atoms with Gasteiger partial charge in [0.1, 0.15) is 12.3 Å². The van der Waals surface area contributed by atoms with E-state index in [0.717, 1.165) is 39.9 Å². The number of hydrogen-bond acceptors (Lipinski definition) is 5. The van der Waals surface area contributed by atoms with Crippen LogP contribution >= 0.6 is 0 Å². The van der Waals surface area contributed by atoms with Crippen molar-refractivity contribution in [1.29, 1.82) is 0 Å². The van der Waals surface area contributed by atoms with E-state index in [4.69, 9.17) is 4.74 Å². The fourth-order valence-corrected chi connectivity index (χ4v) is 4.51. The van der Waals surface area contributed by atoms with E-state index in [1.807, 2.05) is 70.2 Å². The van der Waals surface area contributed by atoms with Gasteiger partial charge in [0, 0.05) is 6.92 Å². The van der Waals surface area contributed by atoms with Crippen LogP contribution in [-0.2, 0) is 22.6 Å². The zero-order valence-corrected chi connectivity index (χ0v) is 23.2. The summed E-state index contributed by atoms with van der Waals surface area (Å²) in [4.78, 5) is 24.9. The maximum absolute atomic E-state index is 13.0. The first-order valence-electron chi connectivity index (χ1n) is 12.7. The zero-order valence-electron chi connectivity index (χ0n) is 23.2. The molecule has 0 radical (unpaired) electrons. The summed E-state index contributed by atoms with van der Waals surface area (Å²) >= 11 is 0. The molecule has 0 aliphatic carbocycles. The van der Waals surface area contributed by atoms with Crippen molar-refractivity contribution in [2.45, 2.75) is 74.3 Å². The molecule has 0 spiro atoms. The molecule has 3 aromatic rings. The highest BCUT2D eigenvalue weighted by molar-refractivity contribution is 5.95. The molecule has 0 aromatic heterocycles. The number of esters is 1. The van der Waals surface area contributed by atoms with E-state index in [1.54, 1.807) is 0 Å². The van der Waals surface area contributed by atoms with Gasteiger partial charge >= 0.3 is 5.97 Å². The molecule has 0 fully saturated rings. The second-order valence-corrected chi connectivity index (χ2v) is 9.74. The average molecular weight is 500 g/mol. The Morgan fingerprint density at radius 1 is 0.919 bits per heavy atom. The summed E-state index contributed by atoms with van der Waals surface area (Å²) in [5, 5.41) is 12.1. The molecule has 0 aliphatic rings. The predicted octanol–water partition coefficient (Wildman–Crippen LogP) is 8.34. The highest BCUT2D eigenvalue weighted by Crippen LogP contribution is 2.37. The Labute approximate surface area is 220 Å². The number of ether oxygens (including phenoxy) is 1. The molecule has 0 unspecified atom stereocenters. The lowest BCUT2D eigenvalue weighted by Crippen LogP contribution is -2.11. The molecule has 0 saturated heterocycles. The molecule has 3 rings (SSSR count). The number of carbonyl (C=O) groups is 2. The zero-order chi connectivity index (χ0) is 27.3. The first-order valence-corrected chi connectivity index (χ1v) is 12.7. The van der Waals surface area contributed by atoms with Gasteiger partial charge in [-0.1, -0.05) is 51.1 Å². The van der Waals surface area contributed by atoms with E-state index < -0.39 is 0 Å². The Morgan fingerprint density at radius 2 is 1.54 bits per heavy atom. The topological polar surface area (TPSA) is 80.1 Å². The third-order valence-corrected chi connectivity index (χ3v) is 6.83. The Hall–Kier alpha value is -3.80. The van der Waals surface area contributed by atoms with E-state index in [2.05, 4.69) is 36.3 Å². The molecule has 1 N–H and O–H groups in total. The normalized spacial score (nSPS) is 11.3. The number of hydrogen-bond donors (Lipinski definition) is 1. The summed E-state index contributed by atoms with van der Waals surface area (Å²) in [5.41, 5.74) is 9.21. The third-order valence-electron chi connectivity index (χ3n) is 6.83. The molecule has 0 aliphatic heterocycles. The standard InChI is InChI=1S/C31H37N3O3/c1-9-25-15-28(27(32-23(8)35)16-26(25)18(2)3)33-34-30-21(6)19(4)29(20(5)22(30)7)31(36)37-17-24-13-11-10-12-14-24/h10-16,18H,9,17H2,1-8H3,(H,32,35). The van der Waals surface area contributed by atoms with Crippen LogP contribution in [0.3, 0.4) is 0 Å². The number of aryl methyl sites for hydroxylation is 1. The molecule has 0 bridgehead atoms. The lowest BCUT2D eigenvalue weighted by molar-refractivity contribution is -0.114. The Balaban J connectivity index is 2.00. The fraction of sp³-hybridized carbons (Fsp3) is 0.355. The molecule has 1 amide bonds. The summed E-state index contributed by atoms with van der Waals surface area (Å²) in [7, 11) is 0. The quantitative estimate of drug-likeness (QED) is 0.250. The molecule has 37 heavy (non-hydrogen) atoms. The number of nitrogens with zero attached hydrogens (tertiary/aromatic N) is 2. The van der Waals surface area contributed by atoms with Gasteiger partial charge in [-0.2, -0.15) is 0 Å².